The van der Waals surface area contributed by atoms with Gasteiger partial charge in [-0.25, -0.2) is 14.5 Å². The molecule has 0 unspecified atom stereocenters. The number of nitrogen functional groups attached to an aromatic ring is 1. The first-order valence-electron chi connectivity index (χ1n) is 8.22. The van der Waals surface area contributed by atoms with Crippen LogP contribution < -0.4 is 11.1 Å². The maximum Gasteiger partial charge on any atom is 0.417 e. The number of urea groups is 1. The highest BCUT2D eigenvalue weighted by Gasteiger charge is 2.20. The Labute approximate surface area is 147 Å². The molecule has 2 rings (SSSR count). The van der Waals surface area contributed by atoms with E-state index in [1.807, 2.05) is 48.5 Å². The van der Waals surface area contributed by atoms with Gasteiger partial charge in [0.15, 0.2) is 0 Å². The van der Waals surface area contributed by atoms with E-state index in [9.17, 15) is 9.59 Å². The fourth-order valence-electron chi connectivity index (χ4n) is 2.33. The molecule has 2 aromatic rings. The molecule has 0 aliphatic heterocycles. The number of amides is 3. The van der Waals surface area contributed by atoms with Crippen molar-refractivity contribution in [3.05, 3.63) is 59.7 Å². The van der Waals surface area contributed by atoms with E-state index in [1.165, 1.54) is 0 Å². The third-order valence-electron chi connectivity index (χ3n) is 3.64. The number of hydrogen-bond acceptors (Lipinski definition) is 4. The summed E-state index contributed by atoms with van der Waals surface area (Å²) in [6.07, 6.45) is 0.126. The third kappa shape index (κ3) is 5.24. The van der Waals surface area contributed by atoms with Crippen molar-refractivity contribution in [1.29, 1.82) is 0 Å². The Morgan fingerprint density at radius 3 is 2.08 bits per heavy atom. The first kappa shape index (κ1) is 18.3. The summed E-state index contributed by atoms with van der Waals surface area (Å²) in [7, 11) is 0. The fraction of sp³-hybridized carbons (Fsp3) is 0.263. The topological polar surface area (TPSA) is 84.7 Å². The predicted octanol–water partition coefficient (Wildman–Crippen LogP) is 3.87. The van der Waals surface area contributed by atoms with Crippen LogP contribution in [0.4, 0.5) is 21.0 Å². The molecule has 0 aliphatic carbocycles. The second-order valence-electron chi connectivity index (χ2n) is 5.49. The number of nitrogens with zero attached hydrogens (tertiary/aromatic N) is 1. The minimum atomic E-state index is -0.650. The van der Waals surface area contributed by atoms with E-state index in [1.54, 1.807) is 13.8 Å². The zero-order valence-electron chi connectivity index (χ0n) is 14.5. The van der Waals surface area contributed by atoms with Crippen LogP contribution in [0.1, 0.15) is 25.0 Å². The zero-order chi connectivity index (χ0) is 18.2. The van der Waals surface area contributed by atoms with Gasteiger partial charge >= 0.3 is 12.1 Å². The van der Waals surface area contributed by atoms with Gasteiger partial charge in [-0.3, -0.25) is 0 Å². The van der Waals surface area contributed by atoms with E-state index in [4.69, 9.17) is 10.5 Å². The summed E-state index contributed by atoms with van der Waals surface area (Å²) in [6, 6.07) is 14.7. The van der Waals surface area contributed by atoms with Crippen LogP contribution in [0.25, 0.3) is 0 Å². The first-order valence-corrected chi connectivity index (χ1v) is 8.22. The lowest BCUT2D eigenvalue weighted by atomic mass is 10.0. The molecule has 0 fully saturated rings. The lowest BCUT2D eigenvalue weighted by Crippen LogP contribution is -2.40. The van der Waals surface area contributed by atoms with Gasteiger partial charge in [0.2, 0.25) is 0 Å². The van der Waals surface area contributed by atoms with Gasteiger partial charge in [0, 0.05) is 17.9 Å². The van der Waals surface area contributed by atoms with Crippen molar-refractivity contribution in [2.24, 2.45) is 0 Å². The summed E-state index contributed by atoms with van der Waals surface area (Å²) in [4.78, 5) is 24.9. The van der Waals surface area contributed by atoms with Crippen molar-refractivity contribution in [2.75, 3.05) is 24.2 Å². The highest BCUT2D eigenvalue weighted by molar-refractivity contribution is 5.99. The Balaban J connectivity index is 1.98. The molecule has 6 heteroatoms. The number of rotatable bonds is 5. The van der Waals surface area contributed by atoms with E-state index in [2.05, 4.69) is 5.32 Å². The fourth-order valence-corrected chi connectivity index (χ4v) is 2.33. The van der Waals surface area contributed by atoms with Crippen LogP contribution in [0.15, 0.2) is 48.5 Å². The summed E-state index contributed by atoms with van der Waals surface area (Å²) in [6.45, 7) is 3.87. The molecule has 132 valence electrons. The van der Waals surface area contributed by atoms with Crippen LogP contribution in [0.3, 0.4) is 0 Å². The van der Waals surface area contributed by atoms with Crippen molar-refractivity contribution in [2.45, 2.75) is 20.3 Å². The molecule has 0 saturated heterocycles. The molecule has 0 atom stereocenters. The number of hydrogen-bond donors (Lipinski definition) is 2. The molecule has 25 heavy (non-hydrogen) atoms. The standard InChI is InChI=1S/C19H23N3O3/c1-3-22(19(24)25-4-2)18(23)21-17-11-7-15(8-12-17)13-14-5-9-16(20)10-6-14/h5-12H,3-4,13,20H2,1-2H3,(H,21,23). The second kappa shape index (κ2) is 8.73. The van der Waals surface area contributed by atoms with Gasteiger partial charge in [-0.15, -0.1) is 0 Å². The van der Waals surface area contributed by atoms with Crippen molar-refractivity contribution < 1.29 is 14.3 Å². The Hall–Kier alpha value is -3.02. The lowest BCUT2D eigenvalue weighted by Gasteiger charge is -2.18. The molecular weight excluding hydrogens is 318 g/mol. The number of nitrogens with two attached hydrogens (primary N) is 1. The Morgan fingerprint density at radius 1 is 1.00 bits per heavy atom. The normalized spacial score (nSPS) is 10.2. The number of carbonyl (C=O) groups excluding carboxylic acids is 2. The minimum Gasteiger partial charge on any atom is -0.449 e. The predicted molar refractivity (Wildman–Crippen MR) is 98.5 cm³/mol. The van der Waals surface area contributed by atoms with Crippen molar-refractivity contribution in [3.8, 4) is 0 Å². The molecule has 0 bridgehead atoms. The van der Waals surface area contributed by atoms with Crippen LogP contribution >= 0.6 is 0 Å². The molecule has 0 aromatic heterocycles. The van der Waals surface area contributed by atoms with E-state index in [0.29, 0.717) is 5.69 Å². The summed E-state index contributed by atoms with van der Waals surface area (Å²) < 4.78 is 4.86. The second-order valence-corrected chi connectivity index (χ2v) is 5.49. The first-order chi connectivity index (χ1) is 12.0. The highest BCUT2D eigenvalue weighted by Crippen LogP contribution is 2.15. The van der Waals surface area contributed by atoms with Crippen LogP contribution in [0.5, 0.6) is 0 Å². The van der Waals surface area contributed by atoms with Crippen LogP contribution in [0.2, 0.25) is 0 Å². The molecule has 3 N–H and O–H groups in total. The summed E-state index contributed by atoms with van der Waals surface area (Å²) >= 11 is 0. The number of imide groups is 1. The van der Waals surface area contributed by atoms with E-state index in [0.717, 1.165) is 28.1 Å². The largest absolute Gasteiger partial charge is 0.449 e. The van der Waals surface area contributed by atoms with Gasteiger partial charge in [0.05, 0.1) is 6.61 Å². The van der Waals surface area contributed by atoms with Crippen molar-refractivity contribution in [1.82, 2.24) is 4.90 Å². The average molecular weight is 341 g/mol. The third-order valence-corrected chi connectivity index (χ3v) is 3.64. The summed E-state index contributed by atoms with van der Waals surface area (Å²) in [5.41, 5.74) is 9.31. The van der Waals surface area contributed by atoms with Gasteiger partial charge in [0.25, 0.3) is 0 Å². The molecule has 3 amide bonds. The minimum absolute atomic E-state index is 0.225. The van der Waals surface area contributed by atoms with Gasteiger partial charge in [-0.1, -0.05) is 24.3 Å². The monoisotopic (exact) mass is 341 g/mol. The summed E-state index contributed by atoms with van der Waals surface area (Å²) in [5, 5.41) is 2.70. The molecule has 0 saturated carbocycles. The molecule has 0 radical (unpaired) electrons. The maximum absolute atomic E-state index is 12.2. The van der Waals surface area contributed by atoms with Crippen LogP contribution in [-0.4, -0.2) is 30.2 Å². The smallest absolute Gasteiger partial charge is 0.417 e. The van der Waals surface area contributed by atoms with E-state index in [-0.39, 0.29) is 13.2 Å². The van der Waals surface area contributed by atoms with Crippen LogP contribution in [-0.2, 0) is 11.2 Å². The van der Waals surface area contributed by atoms with Crippen molar-refractivity contribution in [3.63, 3.8) is 0 Å². The van der Waals surface area contributed by atoms with E-state index < -0.39 is 12.1 Å². The molecule has 6 nitrogen and oxygen atoms in total. The van der Waals surface area contributed by atoms with Gasteiger partial charge < -0.3 is 15.8 Å². The van der Waals surface area contributed by atoms with Gasteiger partial charge in [0.1, 0.15) is 0 Å². The lowest BCUT2D eigenvalue weighted by molar-refractivity contribution is 0.119. The van der Waals surface area contributed by atoms with Crippen LogP contribution in [0, 0.1) is 0 Å². The number of nitrogens with one attached hydrogen (secondary N) is 1. The Bertz CT molecular complexity index is 712. The average Bonchev–Trinajstić information content (AvgIpc) is 2.59. The number of anilines is 2. The quantitative estimate of drug-likeness (QED) is 0.809. The SMILES string of the molecule is CCOC(=O)N(CC)C(=O)Nc1ccc(Cc2ccc(N)cc2)cc1. The Kier molecular flexibility index (Phi) is 6.39. The molecule has 0 heterocycles. The van der Waals surface area contributed by atoms with E-state index >= 15 is 0 Å². The summed E-state index contributed by atoms with van der Waals surface area (Å²) in [5.74, 6) is 0. The number of benzene rings is 2. The maximum atomic E-state index is 12.2. The number of ether oxygens (including phenoxy) is 1. The Morgan fingerprint density at radius 2 is 1.56 bits per heavy atom. The molecular formula is C19H23N3O3. The molecule has 0 aliphatic rings. The van der Waals surface area contributed by atoms with Gasteiger partial charge in [-0.05, 0) is 55.7 Å². The molecule has 0 spiro atoms. The highest BCUT2D eigenvalue weighted by atomic mass is 16.6. The number of carbonyl (C=O) groups is 2. The zero-order valence-corrected chi connectivity index (χ0v) is 14.5. The van der Waals surface area contributed by atoms with Crippen molar-refractivity contribution >= 4 is 23.5 Å². The molecule has 2 aromatic carbocycles. The van der Waals surface area contributed by atoms with Gasteiger partial charge in [-0.2, -0.15) is 0 Å².